The maximum Gasteiger partial charge on any atom is 0.0348 e. The molecule has 0 bridgehead atoms. The SMILES string of the molecule is Cc1csc2cccc(CN3CCNCC3)c12. The van der Waals surface area contributed by atoms with Crippen molar-refractivity contribution in [3.05, 3.63) is 34.7 Å². The molecule has 2 aromatic rings. The fourth-order valence-corrected chi connectivity index (χ4v) is 3.56. The molecule has 0 spiro atoms. The van der Waals surface area contributed by atoms with Crippen LogP contribution >= 0.6 is 11.3 Å². The number of piperazine rings is 1. The minimum atomic E-state index is 1.09. The number of hydrogen-bond donors (Lipinski definition) is 1. The second-order valence-electron chi connectivity index (χ2n) is 4.74. The van der Waals surface area contributed by atoms with Gasteiger partial charge in [-0.25, -0.2) is 0 Å². The highest BCUT2D eigenvalue weighted by Crippen LogP contribution is 2.29. The van der Waals surface area contributed by atoms with Crippen molar-refractivity contribution in [2.45, 2.75) is 13.5 Å². The van der Waals surface area contributed by atoms with Gasteiger partial charge in [0.2, 0.25) is 0 Å². The first-order valence-electron chi connectivity index (χ1n) is 6.23. The van der Waals surface area contributed by atoms with Crippen molar-refractivity contribution in [1.29, 1.82) is 0 Å². The van der Waals surface area contributed by atoms with Crippen molar-refractivity contribution in [2.24, 2.45) is 0 Å². The van der Waals surface area contributed by atoms with Crippen molar-refractivity contribution in [1.82, 2.24) is 10.2 Å². The normalized spacial score (nSPS) is 17.7. The van der Waals surface area contributed by atoms with E-state index in [1.165, 1.54) is 34.3 Å². The van der Waals surface area contributed by atoms with Crippen molar-refractivity contribution < 1.29 is 0 Å². The van der Waals surface area contributed by atoms with E-state index in [1.54, 1.807) is 0 Å². The van der Waals surface area contributed by atoms with Crippen molar-refractivity contribution in [2.75, 3.05) is 26.2 Å². The summed E-state index contributed by atoms with van der Waals surface area (Å²) in [5.74, 6) is 0. The zero-order valence-electron chi connectivity index (χ0n) is 10.2. The smallest absolute Gasteiger partial charge is 0.0348 e. The molecule has 2 nitrogen and oxygen atoms in total. The molecule has 2 heterocycles. The molecule has 0 amide bonds. The van der Waals surface area contributed by atoms with Gasteiger partial charge in [-0.15, -0.1) is 11.3 Å². The number of rotatable bonds is 2. The lowest BCUT2D eigenvalue weighted by Gasteiger charge is -2.27. The highest BCUT2D eigenvalue weighted by molar-refractivity contribution is 7.17. The largest absolute Gasteiger partial charge is 0.314 e. The van der Waals surface area contributed by atoms with Gasteiger partial charge in [-0.05, 0) is 34.9 Å². The molecule has 1 aromatic carbocycles. The fourth-order valence-electron chi connectivity index (χ4n) is 2.58. The van der Waals surface area contributed by atoms with E-state index in [0.29, 0.717) is 0 Å². The molecule has 1 N–H and O–H groups in total. The maximum absolute atomic E-state index is 3.40. The summed E-state index contributed by atoms with van der Waals surface area (Å²) in [5.41, 5.74) is 2.92. The van der Waals surface area contributed by atoms with Crippen LogP contribution in [0.1, 0.15) is 11.1 Å². The average Bonchev–Trinajstić information content (AvgIpc) is 2.74. The van der Waals surface area contributed by atoms with Gasteiger partial charge in [0, 0.05) is 37.4 Å². The summed E-state index contributed by atoms with van der Waals surface area (Å²) in [5, 5.41) is 7.16. The first-order chi connectivity index (χ1) is 8.34. The van der Waals surface area contributed by atoms with E-state index in [9.17, 15) is 0 Å². The quantitative estimate of drug-likeness (QED) is 0.876. The summed E-state index contributed by atoms with van der Waals surface area (Å²) in [7, 11) is 0. The molecule has 0 atom stereocenters. The molecule has 3 heteroatoms. The Balaban J connectivity index is 1.91. The Labute approximate surface area is 106 Å². The first kappa shape index (κ1) is 11.2. The van der Waals surface area contributed by atoms with Crippen LogP contribution in [0.15, 0.2) is 23.6 Å². The molecule has 17 heavy (non-hydrogen) atoms. The van der Waals surface area contributed by atoms with E-state index >= 15 is 0 Å². The molecule has 3 rings (SSSR count). The minimum absolute atomic E-state index is 1.09. The van der Waals surface area contributed by atoms with Gasteiger partial charge >= 0.3 is 0 Å². The molecular weight excluding hydrogens is 228 g/mol. The van der Waals surface area contributed by atoms with Crippen LogP contribution in [0.25, 0.3) is 10.1 Å². The molecule has 1 fully saturated rings. The lowest BCUT2D eigenvalue weighted by Crippen LogP contribution is -2.42. The highest BCUT2D eigenvalue weighted by atomic mass is 32.1. The van der Waals surface area contributed by atoms with E-state index in [2.05, 4.69) is 40.7 Å². The van der Waals surface area contributed by atoms with Crippen LogP contribution in [0.3, 0.4) is 0 Å². The fraction of sp³-hybridized carbons (Fsp3) is 0.429. The Morgan fingerprint density at radius 3 is 2.94 bits per heavy atom. The molecule has 0 saturated carbocycles. The molecule has 1 aliphatic heterocycles. The Morgan fingerprint density at radius 1 is 1.29 bits per heavy atom. The highest BCUT2D eigenvalue weighted by Gasteiger charge is 2.12. The van der Waals surface area contributed by atoms with E-state index in [0.717, 1.165) is 19.6 Å². The van der Waals surface area contributed by atoms with Gasteiger partial charge in [-0.1, -0.05) is 12.1 Å². The van der Waals surface area contributed by atoms with Crippen LogP contribution in [-0.4, -0.2) is 31.1 Å². The number of thiophene rings is 1. The summed E-state index contributed by atoms with van der Waals surface area (Å²) in [4.78, 5) is 2.54. The zero-order chi connectivity index (χ0) is 11.7. The van der Waals surface area contributed by atoms with Gasteiger partial charge in [0.1, 0.15) is 0 Å². The molecule has 1 aliphatic rings. The van der Waals surface area contributed by atoms with Crippen molar-refractivity contribution in [3.63, 3.8) is 0 Å². The third-order valence-corrected chi connectivity index (χ3v) is 4.54. The number of nitrogens with one attached hydrogen (secondary N) is 1. The predicted octanol–water partition coefficient (Wildman–Crippen LogP) is 2.61. The van der Waals surface area contributed by atoms with Crippen molar-refractivity contribution >= 4 is 21.4 Å². The first-order valence-corrected chi connectivity index (χ1v) is 7.11. The van der Waals surface area contributed by atoms with Crippen LogP contribution < -0.4 is 5.32 Å². The summed E-state index contributed by atoms with van der Waals surface area (Å²) in [6, 6.07) is 6.70. The summed E-state index contributed by atoms with van der Waals surface area (Å²) in [6.45, 7) is 7.90. The van der Waals surface area contributed by atoms with Crippen molar-refractivity contribution in [3.8, 4) is 0 Å². The predicted molar refractivity (Wildman–Crippen MR) is 74.7 cm³/mol. The maximum atomic E-state index is 3.40. The lowest BCUT2D eigenvalue weighted by molar-refractivity contribution is 0.234. The van der Waals surface area contributed by atoms with E-state index < -0.39 is 0 Å². The van der Waals surface area contributed by atoms with Gasteiger partial charge in [0.05, 0.1) is 0 Å². The average molecular weight is 246 g/mol. The number of hydrogen-bond acceptors (Lipinski definition) is 3. The molecule has 0 aliphatic carbocycles. The van der Waals surface area contributed by atoms with E-state index in [4.69, 9.17) is 0 Å². The van der Waals surface area contributed by atoms with Crippen LogP contribution in [0.5, 0.6) is 0 Å². The molecule has 1 saturated heterocycles. The lowest BCUT2D eigenvalue weighted by atomic mass is 10.1. The van der Waals surface area contributed by atoms with Crippen LogP contribution in [-0.2, 0) is 6.54 Å². The van der Waals surface area contributed by atoms with Gasteiger partial charge < -0.3 is 5.32 Å². The van der Waals surface area contributed by atoms with Crippen LogP contribution in [0.4, 0.5) is 0 Å². The molecule has 0 radical (unpaired) electrons. The molecular formula is C14H18N2S. The standard InChI is InChI=1S/C14H18N2S/c1-11-10-17-13-4-2-3-12(14(11)13)9-16-7-5-15-6-8-16/h2-4,10,15H,5-9H2,1H3. The van der Waals surface area contributed by atoms with Gasteiger partial charge in [-0.3, -0.25) is 4.90 Å². The Bertz CT molecular complexity index is 512. The second kappa shape index (κ2) is 4.77. The van der Waals surface area contributed by atoms with Crippen LogP contribution in [0.2, 0.25) is 0 Å². The number of fused-ring (bicyclic) bond motifs is 1. The molecule has 0 unspecified atom stereocenters. The summed E-state index contributed by atoms with van der Waals surface area (Å²) in [6.07, 6.45) is 0. The monoisotopic (exact) mass is 246 g/mol. The van der Waals surface area contributed by atoms with Gasteiger partial charge in [0.15, 0.2) is 0 Å². The number of benzene rings is 1. The van der Waals surface area contributed by atoms with Gasteiger partial charge in [0.25, 0.3) is 0 Å². The zero-order valence-corrected chi connectivity index (χ0v) is 11.0. The van der Waals surface area contributed by atoms with E-state index in [-0.39, 0.29) is 0 Å². The summed E-state index contributed by atoms with van der Waals surface area (Å²) < 4.78 is 1.43. The van der Waals surface area contributed by atoms with E-state index in [1.807, 2.05) is 11.3 Å². The number of nitrogens with zero attached hydrogens (tertiary/aromatic N) is 1. The summed E-state index contributed by atoms with van der Waals surface area (Å²) >= 11 is 1.86. The number of aryl methyl sites for hydroxylation is 1. The van der Waals surface area contributed by atoms with Gasteiger partial charge in [-0.2, -0.15) is 0 Å². The Hall–Kier alpha value is -0.900. The molecule has 1 aromatic heterocycles. The topological polar surface area (TPSA) is 15.3 Å². The minimum Gasteiger partial charge on any atom is -0.314 e. The Kier molecular flexibility index (Phi) is 3.14. The third kappa shape index (κ3) is 2.23. The second-order valence-corrected chi connectivity index (χ2v) is 5.65. The Morgan fingerprint density at radius 2 is 2.12 bits per heavy atom. The van der Waals surface area contributed by atoms with Crippen LogP contribution in [0, 0.1) is 6.92 Å². The molecule has 90 valence electrons. The third-order valence-electron chi connectivity index (χ3n) is 3.47.